The van der Waals surface area contributed by atoms with E-state index >= 15 is 0 Å². The van der Waals surface area contributed by atoms with E-state index in [9.17, 15) is 13.2 Å². The number of nitrogens with two attached hydrogens (primary N) is 1. The minimum atomic E-state index is -4.43. The van der Waals surface area contributed by atoms with Crippen molar-refractivity contribution >= 4 is 5.69 Å². The number of nitrogens with zero attached hydrogens (tertiary/aromatic N) is 2. The lowest BCUT2D eigenvalue weighted by Crippen LogP contribution is -2.26. The summed E-state index contributed by atoms with van der Waals surface area (Å²) in [5.41, 5.74) is 5.52. The van der Waals surface area contributed by atoms with Gasteiger partial charge in [-0.1, -0.05) is 0 Å². The first-order valence-electron chi connectivity index (χ1n) is 5.53. The predicted octanol–water partition coefficient (Wildman–Crippen LogP) is 2.11. The van der Waals surface area contributed by atoms with Crippen molar-refractivity contribution < 1.29 is 13.2 Å². The number of anilines is 1. The molecule has 3 nitrogen and oxygen atoms in total. The van der Waals surface area contributed by atoms with E-state index in [4.69, 9.17) is 11.0 Å². The van der Waals surface area contributed by atoms with Crippen molar-refractivity contribution in [3.8, 4) is 6.07 Å². The first kappa shape index (κ1) is 12.7. The van der Waals surface area contributed by atoms with Crippen LogP contribution in [-0.2, 0) is 6.18 Å². The average Bonchev–Trinajstić information content (AvgIpc) is 2.73. The van der Waals surface area contributed by atoms with Crippen molar-refractivity contribution in [2.75, 3.05) is 18.0 Å². The highest BCUT2D eigenvalue weighted by Crippen LogP contribution is 2.33. The Balaban J connectivity index is 2.36. The summed E-state index contributed by atoms with van der Waals surface area (Å²) in [6, 6.07) is 5.06. The van der Waals surface area contributed by atoms with E-state index in [0.29, 0.717) is 18.8 Å². The van der Waals surface area contributed by atoms with E-state index in [0.717, 1.165) is 18.6 Å². The van der Waals surface area contributed by atoms with Crippen LogP contribution in [0.4, 0.5) is 18.9 Å². The molecule has 6 heteroatoms. The smallest absolute Gasteiger partial charge is 0.369 e. The molecule has 1 saturated heterocycles. The van der Waals surface area contributed by atoms with Gasteiger partial charge in [0.05, 0.1) is 16.8 Å². The van der Waals surface area contributed by atoms with Gasteiger partial charge in [-0.25, -0.2) is 0 Å². The standard InChI is InChI=1S/C12H12F3N3/c13-12(14,15)9-1-2-11(8(5-9)6-16)18-4-3-10(17)7-18/h1-2,5,10H,3-4,7,17H2. The average molecular weight is 255 g/mol. The molecular weight excluding hydrogens is 243 g/mol. The van der Waals surface area contributed by atoms with Gasteiger partial charge in [-0.3, -0.25) is 0 Å². The van der Waals surface area contributed by atoms with Crippen LogP contribution in [0.25, 0.3) is 0 Å². The van der Waals surface area contributed by atoms with Crippen molar-refractivity contribution in [3.63, 3.8) is 0 Å². The van der Waals surface area contributed by atoms with Crippen molar-refractivity contribution in [1.29, 1.82) is 5.26 Å². The molecule has 1 fully saturated rings. The number of hydrogen-bond acceptors (Lipinski definition) is 3. The second kappa shape index (κ2) is 4.50. The van der Waals surface area contributed by atoms with Crippen LogP contribution in [-0.4, -0.2) is 19.1 Å². The van der Waals surface area contributed by atoms with E-state index in [1.54, 1.807) is 0 Å². The zero-order valence-corrected chi connectivity index (χ0v) is 9.54. The largest absolute Gasteiger partial charge is 0.416 e. The van der Waals surface area contributed by atoms with Crippen LogP contribution < -0.4 is 10.6 Å². The first-order valence-corrected chi connectivity index (χ1v) is 5.53. The third-order valence-electron chi connectivity index (χ3n) is 3.01. The van der Waals surface area contributed by atoms with E-state index < -0.39 is 11.7 Å². The van der Waals surface area contributed by atoms with Crippen LogP contribution >= 0.6 is 0 Å². The zero-order chi connectivity index (χ0) is 13.3. The Morgan fingerprint density at radius 1 is 1.39 bits per heavy atom. The lowest BCUT2D eigenvalue weighted by Gasteiger charge is -2.20. The van der Waals surface area contributed by atoms with Gasteiger partial charge < -0.3 is 10.6 Å². The summed E-state index contributed by atoms with van der Waals surface area (Å²) in [4.78, 5) is 1.85. The highest BCUT2D eigenvalue weighted by atomic mass is 19.4. The molecule has 1 atom stereocenters. The molecule has 0 saturated carbocycles. The highest BCUT2D eigenvalue weighted by Gasteiger charge is 2.32. The maximum absolute atomic E-state index is 12.5. The van der Waals surface area contributed by atoms with Crippen LogP contribution in [0, 0.1) is 11.3 Å². The number of hydrogen-bond donors (Lipinski definition) is 1. The Kier molecular flexibility index (Phi) is 3.18. The van der Waals surface area contributed by atoms with Gasteiger partial charge in [0, 0.05) is 19.1 Å². The summed E-state index contributed by atoms with van der Waals surface area (Å²) < 4.78 is 37.6. The van der Waals surface area contributed by atoms with Crippen LogP contribution in [0.3, 0.4) is 0 Å². The molecule has 0 bridgehead atoms. The molecule has 2 N–H and O–H groups in total. The van der Waals surface area contributed by atoms with Crippen LogP contribution in [0.5, 0.6) is 0 Å². The van der Waals surface area contributed by atoms with Gasteiger partial charge >= 0.3 is 6.18 Å². The van der Waals surface area contributed by atoms with E-state index in [-0.39, 0.29) is 11.6 Å². The molecule has 1 aromatic carbocycles. The fourth-order valence-corrected chi connectivity index (χ4v) is 2.08. The van der Waals surface area contributed by atoms with Crippen LogP contribution in [0.15, 0.2) is 18.2 Å². The third-order valence-corrected chi connectivity index (χ3v) is 3.01. The molecule has 96 valence electrons. The number of benzene rings is 1. The molecule has 2 rings (SSSR count). The van der Waals surface area contributed by atoms with E-state index in [1.807, 2.05) is 11.0 Å². The van der Waals surface area contributed by atoms with Crippen molar-refractivity contribution in [3.05, 3.63) is 29.3 Å². The first-order chi connectivity index (χ1) is 8.41. The minimum Gasteiger partial charge on any atom is -0.369 e. The molecule has 1 aliphatic heterocycles. The Morgan fingerprint density at radius 3 is 2.61 bits per heavy atom. The summed E-state index contributed by atoms with van der Waals surface area (Å²) >= 11 is 0. The molecule has 0 spiro atoms. The molecule has 1 unspecified atom stereocenters. The highest BCUT2D eigenvalue weighted by molar-refractivity contribution is 5.61. The molecule has 0 amide bonds. The summed E-state index contributed by atoms with van der Waals surface area (Å²) in [7, 11) is 0. The van der Waals surface area contributed by atoms with Gasteiger partial charge in [-0.05, 0) is 24.6 Å². The molecule has 1 aliphatic rings. The van der Waals surface area contributed by atoms with E-state index in [2.05, 4.69) is 0 Å². The van der Waals surface area contributed by atoms with Crippen LogP contribution in [0.2, 0.25) is 0 Å². The molecular formula is C12H12F3N3. The molecule has 0 aliphatic carbocycles. The van der Waals surface area contributed by atoms with Gasteiger partial charge in [0.25, 0.3) is 0 Å². The normalized spacial score (nSPS) is 19.9. The Labute approximate surface area is 103 Å². The fourth-order valence-electron chi connectivity index (χ4n) is 2.08. The number of rotatable bonds is 1. The lowest BCUT2D eigenvalue weighted by molar-refractivity contribution is -0.137. The summed E-state index contributed by atoms with van der Waals surface area (Å²) in [5.74, 6) is 0. The van der Waals surface area contributed by atoms with Crippen molar-refractivity contribution in [1.82, 2.24) is 0 Å². The second-order valence-electron chi connectivity index (χ2n) is 4.34. The minimum absolute atomic E-state index is 0.0128. The van der Waals surface area contributed by atoms with Crippen LogP contribution in [0.1, 0.15) is 17.5 Å². The predicted molar refractivity (Wildman–Crippen MR) is 61.0 cm³/mol. The Morgan fingerprint density at radius 2 is 2.11 bits per heavy atom. The van der Waals surface area contributed by atoms with Gasteiger partial charge in [0.2, 0.25) is 0 Å². The zero-order valence-electron chi connectivity index (χ0n) is 9.54. The topological polar surface area (TPSA) is 53.0 Å². The third kappa shape index (κ3) is 2.41. The SMILES string of the molecule is N#Cc1cc(C(F)(F)F)ccc1N1CCC(N)C1. The molecule has 1 aromatic rings. The quantitative estimate of drug-likeness (QED) is 0.836. The summed E-state index contributed by atoms with van der Waals surface area (Å²) in [5, 5.41) is 8.96. The van der Waals surface area contributed by atoms with Crippen molar-refractivity contribution in [2.45, 2.75) is 18.6 Å². The van der Waals surface area contributed by atoms with Gasteiger partial charge in [-0.2, -0.15) is 18.4 Å². The number of halogens is 3. The molecule has 0 radical (unpaired) electrons. The molecule has 0 aromatic heterocycles. The van der Waals surface area contributed by atoms with Crippen molar-refractivity contribution in [2.24, 2.45) is 5.73 Å². The van der Waals surface area contributed by atoms with E-state index in [1.165, 1.54) is 6.07 Å². The van der Waals surface area contributed by atoms with Gasteiger partial charge in [0.15, 0.2) is 0 Å². The fraction of sp³-hybridized carbons (Fsp3) is 0.417. The maximum Gasteiger partial charge on any atom is 0.416 e. The monoisotopic (exact) mass is 255 g/mol. The molecule has 1 heterocycles. The lowest BCUT2D eigenvalue weighted by atomic mass is 10.1. The van der Waals surface area contributed by atoms with Gasteiger partial charge in [-0.15, -0.1) is 0 Å². The maximum atomic E-state index is 12.5. The number of nitriles is 1. The Bertz CT molecular complexity index is 490. The molecule has 18 heavy (non-hydrogen) atoms. The second-order valence-corrected chi connectivity index (χ2v) is 4.34. The summed E-state index contributed by atoms with van der Waals surface area (Å²) in [6.07, 6.45) is -3.64. The van der Waals surface area contributed by atoms with Gasteiger partial charge in [0.1, 0.15) is 6.07 Å². The summed E-state index contributed by atoms with van der Waals surface area (Å²) in [6.45, 7) is 1.24. The Hall–Kier alpha value is -1.74. The number of alkyl halides is 3.